The molecule has 0 unspecified atom stereocenters. The van der Waals surface area contributed by atoms with Gasteiger partial charge in [-0.05, 0) is 23.6 Å². The summed E-state index contributed by atoms with van der Waals surface area (Å²) < 4.78 is 1.54. The highest BCUT2D eigenvalue weighted by atomic mass is 32.1. The Bertz CT molecular complexity index is 1130. The van der Waals surface area contributed by atoms with Gasteiger partial charge >= 0.3 is 0 Å². The van der Waals surface area contributed by atoms with E-state index in [1.165, 1.54) is 34.2 Å². The number of carbonyl (C=O) groups is 1. The zero-order chi connectivity index (χ0) is 18.1. The SMILES string of the molecule is CC(=O)N(c1ccccc1)c1nc(Cn2cnc3sccc3c2=O)cs1. The number of nitrogens with zero attached hydrogens (tertiary/aromatic N) is 4. The molecule has 0 N–H and O–H groups in total. The van der Waals surface area contributed by atoms with E-state index in [2.05, 4.69) is 9.97 Å². The zero-order valence-corrected chi connectivity index (χ0v) is 15.5. The standard InChI is InChI=1S/C18H14N4O2S2/c1-12(23)22(14-5-3-2-4-6-14)18-20-13(10-26-18)9-21-11-19-16-15(17(21)24)7-8-25-16/h2-8,10-11H,9H2,1H3. The lowest BCUT2D eigenvalue weighted by molar-refractivity contribution is -0.115. The third-order valence-corrected chi connectivity index (χ3v) is 5.54. The average Bonchev–Trinajstić information content (AvgIpc) is 3.28. The van der Waals surface area contributed by atoms with Crippen molar-refractivity contribution in [3.63, 3.8) is 0 Å². The Labute approximate surface area is 157 Å². The predicted molar refractivity (Wildman–Crippen MR) is 104 cm³/mol. The van der Waals surface area contributed by atoms with E-state index in [4.69, 9.17) is 0 Å². The Morgan fingerprint density at radius 3 is 2.77 bits per heavy atom. The van der Waals surface area contributed by atoms with Crippen LogP contribution in [0, 0.1) is 0 Å². The van der Waals surface area contributed by atoms with Gasteiger partial charge in [-0.25, -0.2) is 9.97 Å². The molecule has 8 heteroatoms. The summed E-state index contributed by atoms with van der Waals surface area (Å²) in [6.45, 7) is 1.82. The molecule has 0 aliphatic rings. The van der Waals surface area contributed by atoms with E-state index in [1.807, 2.05) is 41.1 Å². The van der Waals surface area contributed by atoms with Crippen molar-refractivity contribution in [3.8, 4) is 0 Å². The highest BCUT2D eigenvalue weighted by Crippen LogP contribution is 2.28. The van der Waals surface area contributed by atoms with Gasteiger partial charge in [0, 0.05) is 12.3 Å². The summed E-state index contributed by atoms with van der Waals surface area (Å²) in [5, 5.41) is 4.91. The summed E-state index contributed by atoms with van der Waals surface area (Å²) in [6, 6.07) is 11.2. The number of hydrogen-bond donors (Lipinski definition) is 0. The monoisotopic (exact) mass is 382 g/mol. The van der Waals surface area contributed by atoms with Gasteiger partial charge in [-0.3, -0.25) is 19.1 Å². The third-order valence-electron chi connectivity index (χ3n) is 3.84. The van der Waals surface area contributed by atoms with E-state index in [-0.39, 0.29) is 11.5 Å². The van der Waals surface area contributed by atoms with Gasteiger partial charge in [0.25, 0.3) is 5.56 Å². The van der Waals surface area contributed by atoms with Crippen molar-refractivity contribution in [1.82, 2.24) is 14.5 Å². The number of rotatable bonds is 4. The average molecular weight is 382 g/mol. The second-order valence-electron chi connectivity index (χ2n) is 5.63. The van der Waals surface area contributed by atoms with E-state index >= 15 is 0 Å². The minimum atomic E-state index is -0.115. The van der Waals surface area contributed by atoms with Crippen LogP contribution in [0.25, 0.3) is 10.2 Å². The minimum Gasteiger partial charge on any atom is -0.293 e. The molecule has 3 heterocycles. The van der Waals surface area contributed by atoms with Gasteiger partial charge < -0.3 is 0 Å². The fraction of sp³-hybridized carbons (Fsp3) is 0.111. The molecule has 0 aliphatic heterocycles. The molecule has 0 bridgehead atoms. The number of thiazole rings is 1. The van der Waals surface area contributed by atoms with Crippen molar-refractivity contribution in [2.45, 2.75) is 13.5 Å². The van der Waals surface area contributed by atoms with Gasteiger partial charge in [-0.1, -0.05) is 18.2 Å². The number of thiophene rings is 1. The molecule has 0 fully saturated rings. The molecular formula is C18H14N4O2S2. The molecule has 0 saturated carbocycles. The molecule has 0 radical (unpaired) electrons. The normalized spacial score (nSPS) is 11.0. The zero-order valence-electron chi connectivity index (χ0n) is 13.8. The van der Waals surface area contributed by atoms with Crippen LogP contribution < -0.4 is 10.5 Å². The topological polar surface area (TPSA) is 68.1 Å². The Morgan fingerprint density at radius 1 is 1.19 bits per heavy atom. The van der Waals surface area contributed by atoms with Crippen LogP contribution in [0.5, 0.6) is 0 Å². The minimum absolute atomic E-state index is 0.0858. The quantitative estimate of drug-likeness (QED) is 0.540. The number of fused-ring (bicyclic) bond motifs is 1. The van der Waals surface area contributed by atoms with Gasteiger partial charge in [0.05, 0.1) is 29.6 Å². The van der Waals surface area contributed by atoms with Crippen LogP contribution in [0.15, 0.2) is 58.3 Å². The van der Waals surface area contributed by atoms with Crippen LogP contribution in [-0.4, -0.2) is 20.4 Å². The fourth-order valence-electron chi connectivity index (χ4n) is 2.66. The van der Waals surface area contributed by atoms with E-state index in [1.54, 1.807) is 17.3 Å². The maximum Gasteiger partial charge on any atom is 0.262 e. The summed E-state index contributed by atoms with van der Waals surface area (Å²) >= 11 is 2.81. The molecule has 0 atom stereocenters. The number of amides is 1. The van der Waals surface area contributed by atoms with Crippen LogP contribution in [0.4, 0.5) is 10.8 Å². The summed E-state index contributed by atoms with van der Waals surface area (Å²) in [5.74, 6) is -0.115. The van der Waals surface area contributed by atoms with Crippen molar-refractivity contribution in [3.05, 3.63) is 69.5 Å². The third kappa shape index (κ3) is 3.04. The summed E-state index contributed by atoms with van der Waals surface area (Å²) in [7, 11) is 0. The number of aromatic nitrogens is 3. The molecule has 1 aromatic carbocycles. The van der Waals surface area contributed by atoms with Gasteiger partial charge in [0.2, 0.25) is 5.91 Å². The fourth-order valence-corrected chi connectivity index (χ4v) is 4.26. The van der Waals surface area contributed by atoms with Gasteiger partial charge in [0.1, 0.15) is 4.83 Å². The lowest BCUT2D eigenvalue weighted by atomic mass is 10.3. The number of anilines is 2. The Balaban J connectivity index is 1.65. The molecular weight excluding hydrogens is 368 g/mol. The number of para-hydroxylation sites is 1. The second-order valence-corrected chi connectivity index (χ2v) is 7.36. The Morgan fingerprint density at radius 2 is 2.00 bits per heavy atom. The molecule has 0 aliphatic carbocycles. The number of benzene rings is 1. The molecule has 26 heavy (non-hydrogen) atoms. The van der Waals surface area contributed by atoms with Gasteiger partial charge in [0.15, 0.2) is 5.13 Å². The van der Waals surface area contributed by atoms with Crippen LogP contribution >= 0.6 is 22.7 Å². The van der Waals surface area contributed by atoms with Crippen molar-refractivity contribution >= 4 is 49.6 Å². The maximum atomic E-state index is 12.5. The van der Waals surface area contributed by atoms with Crippen molar-refractivity contribution in [2.24, 2.45) is 0 Å². The van der Waals surface area contributed by atoms with E-state index in [0.29, 0.717) is 22.8 Å². The Hall–Kier alpha value is -2.84. The van der Waals surface area contributed by atoms with Crippen molar-refractivity contribution in [2.75, 3.05) is 4.90 Å². The van der Waals surface area contributed by atoms with E-state index < -0.39 is 0 Å². The number of carbonyl (C=O) groups excluding carboxylic acids is 1. The molecule has 0 saturated heterocycles. The summed E-state index contributed by atoms with van der Waals surface area (Å²) in [5.41, 5.74) is 1.39. The lowest BCUT2D eigenvalue weighted by Crippen LogP contribution is -2.23. The van der Waals surface area contributed by atoms with Crippen LogP contribution in [0.1, 0.15) is 12.6 Å². The summed E-state index contributed by atoms with van der Waals surface area (Å²) in [4.78, 5) is 35.8. The Kier molecular flexibility index (Phi) is 4.36. The molecule has 4 aromatic rings. The maximum absolute atomic E-state index is 12.5. The molecule has 130 valence electrons. The highest BCUT2D eigenvalue weighted by Gasteiger charge is 2.18. The predicted octanol–water partition coefficient (Wildman–Crippen LogP) is 3.65. The molecule has 6 nitrogen and oxygen atoms in total. The van der Waals surface area contributed by atoms with E-state index in [9.17, 15) is 9.59 Å². The molecule has 4 rings (SSSR count). The smallest absolute Gasteiger partial charge is 0.262 e. The first kappa shape index (κ1) is 16.6. The first-order valence-electron chi connectivity index (χ1n) is 7.86. The van der Waals surface area contributed by atoms with Crippen LogP contribution in [0.3, 0.4) is 0 Å². The van der Waals surface area contributed by atoms with Crippen molar-refractivity contribution < 1.29 is 4.79 Å². The molecule has 1 amide bonds. The summed E-state index contributed by atoms with van der Waals surface area (Å²) in [6.07, 6.45) is 1.54. The number of hydrogen-bond acceptors (Lipinski definition) is 6. The highest BCUT2D eigenvalue weighted by molar-refractivity contribution is 7.16. The first-order valence-corrected chi connectivity index (χ1v) is 9.62. The van der Waals surface area contributed by atoms with Crippen LogP contribution in [-0.2, 0) is 11.3 Å². The van der Waals surface area contributed by atoms with Crippen molar-refractivity contribution in [1.29, 1.82) is 0 Å². The molecule has 3 aromatic heterocycles. The second kappa shape index (κ2) is 6.81. The van der Waals surface area contributed by atoms with E-state index in [0.717, 1.165) is 10.5 Å². The molecule has 0 spiro atoms. The van der Waals surface area contributed by atoms with Gasteiger partial charge in [-0.15, -0.1) is 22.7 Å². The first-order chi connectivity index (χ1) is 12.6. The van der Waals surface area contributed by atoms with Crippen LogP contribution in [0.2, 0.25) is 0 Å². The largest absolute Gasteiger partial charge is 0.293 e. The lowest BCUT2D eigenvalue weighted by Gasteiger charge is -2.17. The van der Waals surface area contributed by atoms with Gasteiger partial charge in [-0.2, -0.15) is 0 Å².